The maximum absolute atomic E-state index is 11.9. The van der Waals surface area contributed by atoms with Gasteiger partial charge in [0, 0.05) is 37.2 Å². The molecule has 2 rings (SSSR count). The molecule has 0 radical (unpaired) electrons. The largest absolute Gasteiger partial charge is 0.396 e. The number of hydrogen-bond donors (Lipinski definition) is 3. The summed E-state index contributed by atoms with van der Waals surface area (Å²) in [4.78, 5) is 15.8. The molecule has 0 bridgehead atoms. The molecule has 1 aromatic heterocycles. The van der Waals surface area contributed by atoms with E-state index in [9.17, 15) is 9.90 Å². The number of pyridine rings is 1. The Kier molecular flexibility index (Phi) is 4.96. The van der Waals surface area contributed by atoms with Gasteiger partial charge in [0.15, 0.2) is 5.15 Å². The molecule has 1 aromatic rings. The third kappa shape index (κ3) is 4.16. The molecule has 0 aromatic carbocycles. The first kappa shape index (κ1) is 15.2. The van der Waals surface area contributed by atoms with E-state index in [-0.39, 0.29) is 24.0 Å². The van der Waals surface area contributed by atoms with Crippen LogP contribution in [0, 0.1) is 5.41 Å². The van der Waals surface area contributed by atoms with Crippen LogP contribution >= 0.6 is 11.6 Å². The van der Waals surface area contributed by atoms with E-state index in [0.717, 1.165) is 19.4 Å². The lowest BCUT2D eigenvalue weighted by molar-refractivity contribution is -0.116. The van der Waals surface area contributed by atoms with Crippen molar-refractivity contribution in [3.8, 4) is 0 Å². The topological polar surface area (TPSA) is 74.2 Å². The highest BCUT2D eigenvalue weighted by Gasteiger charge is 2.41. The maximum atomic E-state index is 11.9. The number of carbonyl (C=O) groups excluding carboxylic acids is 1. The number of halogens is 1. The number of aliphatic hydroxyl groups is 1. The fourth-order valence-electron chi connectivity index (χ4n) is 1.99. The van der Waals surface area contributed by atoms with Crippen molar-refractivity contribution >= 4 is 23.2 Å². The first-order chi connectivity index (χ1) is 9.54. The van der Waals surface area contributed by atoms with Crippen LogP contribution in [0.15, 0.2) is 18.3 Å². The average molecular weight is 298 g/mol. The van der Waals surface area contributed by atoms with Crippen molar-refractivity contribution in [2.75, 3.05) is 18.5 Å². The maximum Gasteiger partial charge on any atom is 0.226 e. The van der Waals surface area contributed by atoms with Crippen molar-refractivity contribution in [3.05, 3.63) is 23.5 Å². The van der Waals surface area contributed by atoms with Crippen LogP contribution in [0.4, 0.5) is 5.69 Å². The quantitative estimate of drug-likeness (QED) is 0.671. The normalized spacial score (nSPS) is 17.6. The van der Waals surface area contributed by atoms with E-state index < -0.39 is 0 Å². The van der Waals surface area contributed by atoms with Gasteiger partial charge in [-0.05, 0) is 31.9 Å². The van der Waals surface area contributed by atoms with Crippen LogP contribution in [0.25, 0.3) is 0 Å². The molecule has 3 N–H and O–H groups in total. The lowest BCUT2D eigenvalue weighted by Gasteiger charge is -2.18. The Morgan fingerprint density at radius 3 is 2.95 bits per heavy atom. The van der Waals surface area contributed by atoms with E-state index in [0.29, 0.717) is 17.3 Å². The number of hydrogen-bond acceptors (Lipinski definition) is 4. The number of anilines is 1. The van der Waals surface area contributed by atoms with Gasteiger partial charge < -0.3 is 15.7 Å². The van der Waals surface area contributed by atoms with E-state index in [1.54, 1.807) is 18.3 Å². The van der Waals surface area contributed by atoms with Crippen LogP contribution in [-0.2, 0) is 4.79 Å². The van der Waals surface area contributed by atoms with Crippen LogP contribution < -0.4 is 10.6 Å². The lowest BCUT2D eigenvalue weighted by Crippen LogP contribution is -2.36. The monoisotopic (exact) mass is 297 g/mol. The average Bonchev–Trinajstić information content (AvgIpc) is 3.20. The molecule has 1 amide bonds. The number of carbonyl (C=O) groups is 1. The van der Waals surface area contributed by atoms with Crippen molar-refractivity contribution in [2.24, 2.45) is 5.41 Å². The van der Waals surface area contributed by atoms with Gasteiger partial charge in [0.1, 0.15) is 0 Å². The molecule has 1 unspecified atom stereocenters. The molecule has 1 atom stereocenters. The number of aromatic nitrogens is 1. The molecule has 110 valence electrons. The molecule has 0 aliphatic heterocycles. The van der Waals surface area contributed by atoms with Gasteiger partial charge in [-0.3, -0.25) is 4.79 Å². The van der Waals surface area contributed by atoms with Gasteiger partial charge >= 0.3 is 0 Å². The summed E-state index contributed by atoms with van der Waals surface area (Å²) in [6.45, 7) is 2.92. The highest BCUT2D eigenvalue weighted by Crippen LogP contribution is 2.44. The fraction of sp³-hybridized carbons (Fsp3) is 0.571. The minimum Gasteiger partial charge on any atom is -0.396 e. The molecule has 5 nitrogen and oxygen atoms in total. The first-order valence-corrected chi connectivity index (χ1v) is 7.17. The van der Waals surface area contributed by atoms with Gasteiger partial charge in [0.2, 0.25) is 5.91 Å². The molecular weight excluding hydrogens is 278 g/mol. The van der Waals surface area contributed by atoms with Gasteiger partial charge in [-0.15, -0.1) is 0 Å². The molecule has 0 saturated heterocycles. The Hall–Kier alpha value is -1.17. The summed E-state index contributed by atoms with van der Waals surface area (Å²) in [5.41, 5.74) is 0.581. The van der Waals surface area contributed by atoms with E-state index in [1.807, 2.05) is 6.92 Å². The zero-order valence-electron chi connectivity index (χ0n) is 11.5. The standard InChI is InChI=1S/C14H20ClN3O2/c1-10(17-8-14(9-19)4-5-14)7-12(20)18-11-3-2-6-16-13(11)15/h2-3,6,10,17,19H,4-5,7-9H2,1H3,(H,18,20). The summed E-state index contributed by atoms with van der Waals surface area (Å²) in [5, 5.41) is 15.6. The van der Waals surface area contributed by atoms with E-state index in [2.05, 4.69) is 15.6 Å². The van der Waals surface area contributed by atoms with Gasteiger partial charge in [0.05, 0.1) is 5.69 Å². The van der Waals surface area contributed by atoms with Crippen molar-refractivity contribution in [2.45, 2.75) is 32.2 Å². The van der Waals surface area contributed by atoms with Crippen LogP contribution in [0.5, 0.6) is 0 Å². The second kappa shape index (κ2) is 6.52. The van der Waals surface area contributed by atoms with Crippen molar-refractivity contribution in [1.82, 2.24) is 10.3 Å². The minimum atomic E-state index is -0.103. The molecule has 1 heterocycles. The summed E-state index contributed by atoms with van der Waals surface area (Å²) >= 11 is 5.88. The highest BCUT2D eigenvalue weighted by atomic mass is 35.5. The Labute approximate surface area is 123 Å². The van der Waals surface area contributed by atoms with Crippen LogP contribution in [0.1, 0.15) is 26.2 Å². The molecule has 1 fully saturated rings. The van der Waals surface area contributed by atoms with E-state index >= 15 is 0 Å². The van der Waals surface area contributed by atoms with Crippen LogP contribution in [0.2, 0.25) is 5.15 Å². The van der Waals surface area contributed by atoms with Gasteiger partial charge in [0.25, 0.3) is 0 Å². The lowest BCUT2D eigenvalue weighted by atomic mass is 10.1. The third-order valence-electron chi connectivity index (χ3n) is 3.64. The summed E-state index contributed by atoms with van der Waals surface area (Å²) in [6.07, 6.45) is 4.04. The van der Waals surface area contributed by atoms with Crippen molar-refractivity contribution in [1.29, 1.82) is 0 Å². The number of nitrogens with one attached hydrogen (secondary N) is 2. The zero-order chi connectivity index (χ0) is 14.6. The molecular formula is C14H20ClN3O2. The number of amides is 1. The Morgan fingerprint density at radius 2 is 2.35 bits per heavy atom. The second-order valence-corrected chi connectivity index (χ2v) is 5.89. The van der Waals surface area contributed by atoms with Gasteiger partial charge in [-0.2, -0.15) is 0 Å². The minimum absolute atomic E-state index is 0.0504. The first-order valence-electron chi connectivity index (χ1n) is 6.79. The Morgan fingerprint density at radius 1 is 1.60 bits per heavy atom. The predicted octanol–water partition coefficient (Wildman–Crippen LogP) is 1.81. The summed E-state index contributed by atoms with van der Waals surface area (Å²) < 4.78 is 0. The van der Waals surface area contributed by atoms with Gasteiger partial charge in [-0.25, -0.2) is 4.98 Å². The predicted molar refractivity (Wildman–Crippen MR) is 78.7 cm³/mol. The van der Waals surface area contributed by atoms with E-state index in [4.69, 9.17) is 11.6 Å². The molecule has 1 aliphatic rings. The van der Waals surface area contributed by atoms with Crippen molar-refractivity contribution < 1.29 is 9.90 Å². The fourth-order valence-corrected chi connectivity index (χ4v) is 2.16. The third-order valence-corrected chi connectivity index (χ3v) is 3.94. The molecule has 1 aliphatic carbocycles. The SMILES string of the molecule is CC(CC(=O)Nc1cccnc1Cl)NCC1(CO)CC1. The molecule has 6 heteroatoms. The highest BCUT2D eigenvalue weighted by molar-refractivity contribution is 6.32. The molecule has 0 spiro atoms. The second-order valence-electron chi connectivity index (χ2n) is 5.53. The number of nitrogens with zero attached hydrogens (tertiary/aromatic N) is 1. The Bertz CT molecular complexity index is 477. The summed E-state index contributed by atoms with van der Waals surface area (Å²) in [6, 6.07) is 3.49. The zero-order valence-corrected chi connectivity index (χ0v) is 12.3. The Balaban J connectivity index is 1.75. The number of aliphatic hydroxyl groups excluding tert-OH is 1. The van der Waals surface area contributed by atoms with Crippen LogP contribution in [0.3, 0.4) is 0 Å². The smallest absolute Gasteiger partial charge is 0.226 e. The van der Waals surface area contributed by atoms with Gasteiger partial charge in [-0.1, -0.05) is 11.6 Å². The molecule has 20 heavy (non-hydrogen) atoms. The summed E-state index contributed by atoms with van der Waals surface area (Å²) in [5.74, 6) is -0.103. The van der Waals surface area contributed by atoms with E-state index in [1.165, 1.54) is 0 Å². The van der Waals surface area contributed by atoms with Crippen LogP contribution in [-0.4, -0.2) is 35.2 Å². The molecule has 1 saturated carbocycles. The summed E-state index contributed by atoms with van der Waals surface area (Å²) in [7, 11) is 0. The number of rotatable bonds is 7. The van der Waals surface area contributed by atoms with Crippen molar-refractivity contribution in [3.63, 3.8) is 0 Å².